The highest BCUT2D eigenvalue weighted by Crippen LogP contribution is 2.11. The van der Waals surface area contributed by atoms with Crippen LogP contribution >= 0.6 is 0 Å². The summed E-state index contributed by atoms with van der Waals surface area (Å²) in [5.74, 6) is -4.47. The Balaban J connectivity index is 2.30. The number of carboxylic acid groups (broad SMARTS) is 2. The number of carboxylic acids is 2. The van der Waals surface area contributed by atoms with Gasteiger partial charge in [-0.25, -0.2) is 9.59 Å². The normalized spacial score (nSPS) is 9.91. The average molecular weight is 313 g/mol. The number of carbonyl (C=O) groups excluding carboxylic acids is 2. The van der Waals surface area contributed by atoms with Crippen LogP contribution in [0.25, 0.3) is 0 Å². The number of hydrogen-bond acceptors (Lipinski definition) is 4. The lowest BCUT2D eigenvalue weighted by Gasteiger charge is -2.08. The molecule has 0 unspecified atom stereocenters. The topological polar surface area (TPSA) is 121 Å². The van der Waals surface area contributed by atoms with Crippen molar-refractivity contribution in [3.8, 4) is 0 Å². The van der Waals surface area contributed by atoms with Crippen LogP contribution in [0.1, 0.15) is 41.4 Å². The molecule has 2 rings (SSSR count). The molecule has 0 atom stereocenters. The molecule has 0 aliphatic carbocycles. The standard InChI is InChI=1S/C16H11NO6/c18-13(9-5-1-3-7-11(9)15(20)21)17-14(19)10-6-2-4-8-12(10)16(22)23/h1-8H,(H,20,21)(H,22,23)(H,17,18,19). The number of aromatic carboxylic acids is 2. The lowest BCUT2D eigenvalue weighted by atomic mass is 10.1. The maximum atomic E-state index is 12.1. The molecule has 0 heterocycles. The smallest absolute Gasteiger partial charge is 0.336 e. The van der Waals surface area contributed by atoms with E-state index in [1.54, 1.807) is 0 Å². The van der Waals surface area contributed by atoms with Gasteiger partial charge in [0.1, 0.15) is 0 Å². The molecule has 116 valence electrons. The Morgan fingerprint density at radius 1 is 0.609 bits per heavy atom. The van der Waals surface area contributed by atoms with Gasteiger partial charge < -0.3 is 10.2 Å². The van der Waals surface area contributed by atoms with Gasteiger partial charge in [0.15, 0.2) is 0 Å². The summed E-state index contributed by atoms with van der Waals surface area (Å²) in [6, 6.07) is 10.8. The van der Waals surface area contributed by atoms with E-state index >= 15 is 0 Å². The van der Waals surface area contributed by atoms with Gasteiger partial charge in [0.2, 0.25) is 0 Å². The molecule has 0 radical (unpaired) electrons. The molecule has 2 aromatic carbocycles. The van der Waals surface area contributed by atoms with Gasteiger partial charge in [-0.15, -0.1) is 0 Å². The van der Waals surface area contributed by atoms with Crippen molar-refractivity contribution in [3.63, 3.8) is 0 Å². The van der Waals surface area contributed by atoms with E-state index in [0.717, 1.165) is 0 Å². The van der Waals surface area contributed by atoms with Crippen LogP contribution in [0.5, 0.6) is 0 Å². The number of hydrogen-bond donors (Lipinski definition) is 3. The Kier molecular flexibility index (Phi) is 4.51. The molecule has 3 N–H and O–H groups in total. The van der Waals surface area contributed by atoms with Crippen LogP contribution in [-0.2, 0) is 0 Å². The Labute approximate surface area is 130 Å². The summed E-state index contributed by atoms with van der Waals surface area (Å²) in [7, 11) is 0. The molecule has 0 aliphatic heterocycles. The van der Waals surface area contributed by atoms with Gasteiger partial charge in [-0.2, -0.15) is 0 Å². The second-order valence-corrected chi connectivity index (χ2v) is 4.48. The average Bonchev–Trinajstić information content (AvgIpc) is 2.54. The zero-order valence-electron chi connectivity index (χ0n) is 11.6. The summed E-state index contributed by atoms with van der Waals surface area (Å²) < 4.78 is 0. The molecule has 23 heavy (non-hydrogen) atoms. The molecule has 0 saturated carbocycles. The molecule has 0 spiro atoms. The molecule has 0 aliphatic rings. The van der Waals surface area contributed by atoms with E-state index in [1.165, 1.54) is 48.5 Å². The van der Waals surface area contributed by atoms with Crippen molar-refractivity contribution in [2.24, 2.45) is 0 Å². The van der Waals surface area contributed by atoms with Gasteiger partial charge in [0, 0.05) is 0 Å². The highest BCUT2D eigenvalue weighted by molar-refractivity contribution is 6.15. The molecular formula is C16H11NO6. The maximum absolute atomic E-state index is 12.1. The third-order valence-electron chi connectivity index (χ3n) is 3.03. The first-order valence-electron chi connectivity index (χ1n) is 6.42. The molecule has 0 fully saturated rings. The van der Waals surface area contributed by atoms with Crippen LogP contribution in [0, 0.1) is 0 Å². The minimum atomic E-state index is -1.31. The predicted octanol–water partition coefficient (Wildman–Crippen LogP) is 1.65. The highest BCUT2D eigenvalue weighted by atomic mass is 16.4. The molecule has 2 aromatic rings. The Morgan fingerprint density at radius 2 is 0.913 bits per heavy atom. The third-order valence-corrected chi connectivity index (χ3v) is 3.03. The van der Waals surface area contributed by atoms with Gasteiger partial charge >= 0.3 is 11.9 Å². The quantitative estimate of drug-likeness (QED) is 0.738. The van der Waals surface area contributed by atoms with E-state index in [0.29, 0.717) is 0 Å². The monoisotopic (exact) mass is 313 g/mol. The van der Waals surface area contributed by atoms with E-state index in [1.807, 2.05) is 5.32 Å². The van der Waals surface area contributed by atoms with E-state index < -0.39 is 23.8 Å². The van der Waals surface area contributed by atoms with Gasteiger partial charge in [0.25, 0.3) is 11.8 Å². The third kappa shape index (κ3) is 3.41. The SMILES string of the molecule is O=C(O)c1ccccc1C(=O)NC(=O)c1ccccc1C(=O)O. The number of imide groups is 1. The maximum Gasteiger partial charge on any atom is 0.336 e. The molecule has 0 aromatic heterocycles. The Bertz CT molecular complexity index is 744. The zero-order valence-corrected chi connectivity index (χ0v) is 11.6. The van der Waals surface area contributed by atoms with Gasteiger partial charge in [-0.1, -0.05) is 24.3 Å². The minimum absolute atomic E-state index is 0.193. The number of rotatable bonds is 4. The van der Waals surface area contributed by atoms with E-state index in [9.17, 15) is 19.2 Å². The predicted molar refractivity (Wildman–Crippen MR) is 78.6 cm³/mol. The van der Waals surface area contributed by atoms with Crippen molar-refractivity contribution in [1.29, 1.82) is 0 Å². The van der Waals surface area contributed by atoms with Crippen molar-refractivity contribution < 1.29 is 29.4 Å². The summed E-state index contributed by atoms with van der Waals surface area (Å²) in [5.41, 5.74) is -0.907. The van der Waals surface area contributed by atoms with Crippen LogP contribution in [0.4, 0.5) is 0 Å². The van der Waals surface area contributed by atoms with Crippen molar-refractivity contribution >= 4 is 23.8 Å². The van der Waals surface area contributed by atoms with Crippen molar-refractivity contribution in [2.75, 3.05) is 0 Å². The summed E-state index contributed by atoms with van der Waals surface area (Å²) >= 11 is 0. The summed E-state index contributed by atoms with van der Waals surface area (Å²) in [5, 5.41) is 20.1. The van der Waals surface area contributed by atoms with Crippen molar-refractivity contribution in [2.45, 2.75) is 0 Å². The van der Waals surface area contributed by atoms with Crippen LogP contribution in [0.15, 0.2) is 48.5 Å². The number of amides is 2. The molecule has 7 nitrogen and oxygen atoms in total. The fourth-order valence-corrected chi connectivity index (χ4v) is 1.97. The zero-order chi connectivity index (χ0) is 17.0. The van der Waals surface area contributed by atoms with Crippen LogP contribution in [0.3, 0.4) is 0 Å². The first kappa shape index (κ1) is 15.9. The van der Waals surface area contributed by atoms with Crippen molar-refractivity contribution in [3.05, 3.63) is 70.8 Å². The molecule has 0 saturated heterocycles. The Morgan fingerprint density at radius 3 is 1.22 bits per heavy atom. The summed E-state index contributed by atoms with van der Waals surface area (Å²) in [6.07, 6.45) is 0. The lowest BCUT2D eigenvalue weighted by molar-refractivity contribution is 0.0684. The van der Waals surface area contributed by atoms with Gasteiger partial charge in [-0.3, -0.25) is 14.9 Å². The lowest BCUT2D eigenvalue weighted by Crippen LogP contribution is -2.32. The van der Waals surface area contributed by atoms with E-state index in [2.05, 4.69) is 0 Å². The molecule has 7 heteroatoms. The fraction of sp³-hybridized carbons (Fsp3) is 0. The van der Waals surface area contributed by atoms with E-state index in [-0.39, 0.29) is 22.3 Å². The summed E-state index contributed by atoms with van der Waals surface area (Å²) in [4.78, 5) is 46.3. The number of benzene rings is 2. The van der Waals surface area contributed by atoms with Crippen molar-refractivity contribution in [1.82, 2.24) is 5.32 Å². The number of nitrogens with one attached hydrogen (secondary N) is 1. The van der Waals surface area contributed by atoms with Gasteiger partial charge in [0.05, 0.1) is 22.3 Å². The Hall–Kier alpha value is -3.48. The second kappa shape index (κ2) is 6.52. The second-order valence-electron chi connectivity index (χ2n) is 4.48. The highest BCUT2D eigenvalue weighted by Gasteiger charge is 2.21. The molecular weight excluding hydrogens is 302 g/mol. The van der Waals surface area contributed by atoms with Gasteiger partial charge in [-0.05, 0) is 24.3 Å². The van der Waals surface area contributed by atoms with Crippen LogP contribution in [0.2, 0.25) is 0 Å². The first-order chi connectivity index (χ1) is 10.9. The molecule has 0 bridgehead atoms. The minimum Gasteiger partial charge on any atom is -0.478 e. The molecule has 2 amide bonds. The van der Waals surface area contributed by atoms with E-state index in [4.69, 9.17) is 10.2 Å². The largest absolute Gasteiger partial charge is 0.478 e. The van der Waals surface area contributed by atoms with Crippen LogP contribution in [-0.4, -0.2) is 34.0 Å². The first-order valence-corrected chi connectivity index (χ1v) is 6.42. The fourth-order valence-electron chi connectivity index (χ4n) is 1.97. The summed E-state index contributed by atoms with van der Waals surface area (Å²) in [6.45, 7) is 0. The van der Waals surface area contributed by atoms with Crippen LogP contribution < -0.4 is 5.32 Å². The number of carbonyl (C=O) groups is 4.